The van der Waals surface area contributed by atoms with Crippen LogP contribution in [-0.4, -0.2) is 25.8 Å². The first kappa shape index (κ1) is 14.6. The van der Waals surface area contributed by atoms with Crippen LogP contribution in [0.2, 0.25) is 25.2 Å². The molecule has 0 aromatic carbocycles. The van der Waals surface area contributed by atoms with E-state index in [4.69, 9.17) is 45.4 Å². The Morgan fingerprint density at radius 2 is 1.15 bits per heavy atom. The first-order valence-electron chi connectivity index (χ1n) is 4.33. The molecule has 0 aliphatic heterocycles. The Labute approximate surface area is 102 Å². The average Bonchev–Trinajstić information content (AvgIpc) is 2.04. The SMILES string of the molecule is C[Si](Cl)(CCl)CCC[Si](C)(Cl)CCl. The fraction of sp³-hybridized carbons (Fsp3) is 1.00. The van der Waals surface area contributed by atoms with Gasteiger partial charge in [0.1, 0.15) is 0 Å². The minimum atomic E-state index is -1.63. The molecule has 0 rings (SSSR count). The molecule has 0 spiro atoms. The van der Waals surface area contributed by atoms with Crippen LogP contribution in [0.15, 0.2) is 0 Å². The normalized spacial score (nSPS) is 20.8. The van der Waals surface area contributed by atoms with Crippen molar-refractivity contribution in [3.05, 3.63) is 0 Å². The summed E-state index contributed by atoms with van der Waals surface area (Å²) in [6.45, 7) is 4.19. The topological polar surface area (TPSA) is 0 Å². The molecule has 0 aliphatic rings. The Morgan fingerprint density at radius 3 is 1.38 bits per heavy atom. The van der Waals surface area contributed by atoms with E-state index in [0.29, 0.717) is 11.0 Å². The van der Waals surface area contributed by atoms with Gasteiger partial charge in [-0.1, -0.05) is 19.5 Å². The van der Waals surface area contributed by atoms with Crippen molar-refractivity contribution in [1.29, 1.82) is 0 Å². The van der Waals surface area contributed by atoms with Crippen molar-refractivity contribution in [2.75, 3.05) is 11.0 Å². The third-order valence-electron chi connectivity index (χ3n) is 1.95. The maximum Gasteiger partial charge on any atom is 0.167 e. The molecule has 0 nitrogen and oxygen atoms in total. The molecule has 0 bridgehead atoms. The van der Waals surface area contributed by atoms with Gasteiger partial charge in [-0.05, 0) is 12.1 Å². The molecule has 2 atom stereocenters. The van der Waals surface area contributed by atoms with E-state index in [9.17, 15) is 0 Å². The summed E-state index contributed by atoms with van der Waals surface area (Å²) in [6, 6.07) is 2.09. The van der Waals surface area contributed by atoms with Crippen molar-refractivity contribution in [2.24, 2.45) is 0 Å². The van der Waals surface area contributed by atoms with Crippen LogP contribution in [-0.2, 0) is 0 Å². The molecule has 6 heteroatoms. The summed E-state index contributed by atoms with van der Waals surface area (Å²) in [5.41, 5.74) is 1.24. The highest BCUT2D eigenvalue weighted by Gasteiger charge is 2.27. The van der Waals surface area contributed by atoms with Gasteiger partial charge in [-0.15, -0.1) is 23.2 Å². The van der Waals surface area contributed by atoms with Gasteiger partial charge in [0.15, 0.2) is 14.8 Å². The third-order valence-corrected chi connectivity index (χ3v) is 12.2. The predicted molar refractivity (Wildman–Crippen MR) is 70.6 cm³/mol. The molecule has 0 amide bonds. The molecular formula is C7H16Cl4Si2. The highest BCUT2D eigenvalue weighted by Crippen LogP contribution is 2.25. The van der Waals surface area contributed by atoms with Gasteiger partial charge in [-0.2, -0.15) is 22.2 Å². The van der Waals surface area contributed by atoms with E-state index in [0.717, 1.165) is 18.5 Å². The van der Waals surface area contributed by atoms with E-state index in [2.05, 4.69) is 13.1 Å². The van der Waals surface area contributed by atoms with Crippen molar-refractivity contribution in [3.8, 4) is 0 Å². The monoisotopic (exact) mass is 296 g/mol. The second-order valence-electron chi connectivity index (χ2n) is 3.95. The second kappa shape index (κ2) is 6.24. The Hall–Kier alpha value is 1.59. The summed E-state index contributed by atoms with van der Waals surface area (Å²) in [5.74, 6) is 0. The number of halogens is 4. The molecular weight excluding hydrogens is 282 g/mol. The van der Waals surface area contributed by atoms with Gasteiger partial charge in [0.25, 0.3) is 0 Å². The minimum Gasteiger partial charge on any atom is -0.166 e. The Bertz CT molecular complexity index is 133. The van der Waals surface area contributed by atoms with Crippen molar-refractivity contribution in [3.63, 3.8) is 0 Å². The van der Waals surface area contributed by atoms with Gasteiger partial charge in [-0.25, -0.2) is 0 Å². The summed E-state index contributed by atoms with van der Waals surface area (Å²) in [7, 11) is -3.26. The van der Waals surface area contributed by atoms with Gasteiger partial charge in [0.05, 0.1) is 0 Å². The van der Waals surface area contributed by atoms with E-state index in [1.807, 2.05) is 0 Å². The minimum absolute atomic E-state index is 0.621. The molecule has 0 aromatic rings. The standard InChI is InChI=1S/C7H16Cl4Si2/c1-12(10,6-8)4-3-5-13(2,11)7-9/h3-7H2,1-2H3. The molecule has 80 valence electrons. The maximum absolute atomic E-state index is 6.24. The summed E-state index contributed by atoms with van der Waals surface area (Å²) < 4.78 is 0. The van der Waals surface area contributed by atoms with Crippen molar-refractivity contribution in [2.45, 2.75) is 31.6 Å². The summed E-state index contributed by atoms with van der Waals surface area (Å²) in [5, 5.41) is 0. The van der Waals surface area contributed by atoms with E-state index >= 15 is 0 Å². The zero-order chi connectivity index (χ0) is 10.5. The number of rotatable bonds is 6. The molecule has 0 N–H and O–H groups in total. The van der Waals surface area contributed by atoms with Gasteiger partial charge in [-0.3, -0.25) is 0 Å². The van der Waals surface area contributed by atoms with Crippen LogP contribution in [0.25, 0.3) is 0 Å². The van der Waals surface area contributed by atoms with Crippen LogP contribution < -0.4 is 0 Å². The zero-order valence-corrected chi connectivity index (χ0v) is 13.1. The Morgan fingerprint density at radius 1 is 0.846 bits per heavy atom. The van der Waals surface area contributed by atoms with E-state index in [1.54, 1.807) is 0 Å². The molecule has 13 heavy (non-hydrogen) atoms. The van der Waals surface area contributed by atoms with Gasteiger partial charge < -0.3 is 0 Å². The van der Waals surface area contributed by atoms with Gasteiger partial charge >= 0.3 is 0 Å². The lowest BCUT2D eigenvalue weighted by atomic mass is 10.6. The second-order valence-corrected chi connectivity index (χ2v) is 18.2. The molecule has 0 aliphatic carbocycles. The van der Waals surface area contributed by atoms with E-state index < -0.39 is 14.8 Å². The van der Waals surface area contributed by atoms with Crippen molar-refractivity contribution in [1.82, 2.24) is 0 Å². The lowest BCUT2D eigenvalue weighted by Gasteiger charge is -2.19. The first-order valence-corrected chi connectivity index (χ1v) is 13.2. The van der Waals surface area contributed by atoms with Crippen LogP contribution in [0, 0.1) is 0 Å². The smallest absolute Gasteiger partial charge is 0.166 e. The lowest BCUT2D eigenvalue weighted by Crippen LogP contribution is -2.28. The van der Waals surface area contributed by atoms with Gasteiger partial charge in [0, 0.05) is 11.0 Å². The molecule has 0 aromatic heterocycles. The summed E-state index contributed by atoms with van der Waals surface area (Å²) >= 11 is 24.0. The van der Waals surface area contributed by atoms with Crippen LogP contribution in [0.4, 0.5) is 0 Å². The zero-order valence-electron chi connectivity index (χ0n) is 8.05. The van der Waals surface area contributed by atoms with Crippen LogP contribution in [0.1, 0.15) is 6.42 Å². The van der Waals surface area contributed by atoms with Crippen LogP contribution in [0.5, 0.6) is 0 Å². The van der Waals surface area contributed by atoms with Crippen molar-refractivity contribution >= 4 is 60.1 Å². The van der Waals surface area contributed by atoms with Crippen molar-refractivity contribution < 1.29 is 0 Å². The third kappa shape index (κ3) is 7.51. The molecule has 0 radical (unpaired) electrons. The number of hydrogen-bond acceptors (Lipinski definition) is 0. The highest BCUT2D eigenvalue weighted by atomic mass is 35.6. The largest absolute Gasteiger partial charge is 0.167 e. The number of hydrogen-bond donors (Lipinski definition) is 0. The fourth-order valence-corrected chi connectivity index (χ4v) is 5.01. The first-order chi connectivity index (χ1) is 5.83. The van der Waals surface area contributed by atoms with Crippen LogP contribution in [0.3, 0.4) is 0 Å². The fourth-order valence-electron chi connectivity index (χ4n) is 0.959. The average molecular weight is 298 g/mol. The molecule has 0 fully saturated rings. The maximum atomic E-state index is 6.24. The molecule has 0 heterocycles. The quantitative estimate of drug-likeness (QED) is 0.383. The van der Waals surface area contributed by atoms with Crippen LogP contribution >= 0.6 is 45.4 Å². The predicted octanol–water partition coefficient (Wildman–Crippen LogP) is 4.56. The number of alkyl halides is 2. The Kier molecular flexibility index (Phi) is 7.00. The van der Waals surface area contributed by atoms with Gasteiger partial charge in [0.2, 0.25) is 0 Å². The summed E-state index contributed by atoms with van der Waals surface area (Å²) in [4.78, 5) is 0. The summed E-state index contributed by atoms with van der Waals surface area (Å²) in [6.07, 6.45) is 1.08. The van der Waals surface area contributed by atoms with E-state index in [-0.39, 0.29) is 0 Å². The van der Waals surface area contributed by atoms with E-state index in [1.165, 1.54) is 0 Å². The lowest BCUT2D eigenvalue weighted by molar-refractivity contribution is 1.03. The molecule has 0 saturated heterocycles. The molecule has 2 unspecified atom stereocenters. The molecule has 0 saturated carbocycles. The Balaban J connectivity index is 3.68. The highest BCUT2D eigenvalue weighted by molar-refractivity contribution is 7.22.